The van der Waals surface area contributed by atoms with E-state index in [0.29, 0.717) is 15.9 Å². The molecule has 0 spiro atoms. The molecule has 0 radical (unpaired) electrons. The Bertz CT molecular complexity index is 542. The molecule has 7 heteroatoms. The first-order valence-electron chi connectivity index (χ1n) is 7.04. The third kappa shape index (κ3) is 3.71. The standard InChI is InChI=1S/C14H21BrN4O2/c1-10-11(19(20)21)8-16-13(12(10)15)17-9-14(2)4-6-18(3)7-5-14/h8H,4-7,9H2,1-3H3,(H,16,17). The molecule has 0 atom stereocenters. The van der Waals surface area contributed by atoms with Crippen molar-refractivity contribution in [2.75, 3.05) is 32.0 Å². The Balaban J connectivity index is 2.07. The van der Waals surface area contributed by atoms with Gasteiger partial charge in [-0.05, 0) is 61.2 Å². The summed E-state index contributed by atoms with van der Waals surface area (Å²) in [4.78, 5) is 17.0. The molecular weight excluding hydrogens is 336 g/mol. The average Bonchev–Trinajstić information content (AvgIpc) is 2.44. The van der Waals surface area contributed by atoms with Crippen LogP contribution >= 0.6 is 15.9 Å². The number of pyridine rings is 1. The zero-order valence-electron chi connectivity index (χ0n) is 12.6. The van der Waals surface area contributed by atoms with E-state index in [1.807, 2.05) is 0 Å². The summed E-state index contributed by atoms with van der Waals surface area (Å²) in [5, 5.41) is 14.2. The van der Waals surface area contributed by atoms with Crippen molar-refractivity contribution in [3.05, 3.63) is 26.3 Å². The molecule has 1 fully saturated rings. The number of likely N-dealkylation sites (tertiary alicyclic amines) is 1. The molecule has 2 heterocycles. The van der Waals surface area contributed by atoms with Crippen molar-refractivity contribution in [2.24, 2.45) is 5.41 Å². The molecule has 1 aliphatic heterocycles. The number of rotatable bonds is 4. The summed E-state index contributed by atoms with van der Waals surface area (Å²) in [5.74, 6) is 0.679. The van der Waals surface area contributed by atoms with Crippen LogP contribution in [0.3, 0.4) is 0 Å². The number of halogens is 1. The molecule has 116 valence electrons. The molecule has 1 saturated heterocycles. The number of anilines is 1. The first-order valence-corrected chi connectivity index (χ1v) is 7.84. The number of nitrogens with zero attached hydrogens (tertiary/aromatic N) is 3. The molecule has 0 aliphatic carbocycles. The Kier molecular flexibility index (Phi) is 4.83. The second-order valence-electron chi connectivity index (χ2n) is 6.16. The lowest BCUT2D eigenvalue weighted by atomic mass is 9.80. The highest BCUT2D eigenvalue weighted by atomic mass is 79.9. The quantitative estimate of drug-likeness (QED) is 0.662. The van der Waals surface area contributed by atoms with Gasteiger partial charge in [0, 0.05) is 12.1 Å². The molecule has 0 saturated carbocycles. The van der Waals surface area contributed by atoms with Gasteiger partial charge in [0.05, 0.1) is 9.40 Å². The minimum atomic E-state index is -0.408. The lowest BCUT2D eigenvalue weighted by Gasteiger charge is -2.38. The van der Waals surface area contributed by atoms with Crippen LogP contribution in [-0.4, -0.2) is 41.5 Å². The molecule has 1 aromatic heterocycles. The van der Waals surface area contributed by atoms with Gasteiger partial charge in [0.2, 0.25) is 0 Å². The molecule has 0 bridgehead atoms. The van der Waals surface area contributed by atoms with Crippen LogP contribution in [0.5, 0.6) is 0 Å². The molecule has 1 aliphatic rings. The van der Waals surface area contributed by atoms with E-state index in [4.69, 9.17) is 0 Å². The lowest BCUT2D eigenvalue weighted by Crippen LogP contribution is -2.40. The molecule has 0 amide bonds. The van der Waals surface area contributed by atoms with Crippen molar-refractivity contribution < 1.29 is 4.92 Å². The van der Waals surface area contributed by atoms with Gasteiger partial charge in [0.1, 0.15) is 12.0 Å². The van der Waals surface area contributed by atoms with Crippen molar-refractivity contribution in [1.29, 1.82) is 0 Å². The monoisotopic (exact) mass is 356 g/mol. The fourth-order valence-electron chi connectivity index (χ4n) is 2.51. The van der Waals surface area contributed by atoms with Gasteiger partial charge in [-0.1, -0.05) is 6.92 Å². The van der Waals surface area contributed by atoms with Gasteiger partial charge in [-0.15, -0.1) is 0 Å². The van der Waals surface area contributed by atoms with Crippen molar-refractivity contribution in [1.82, 2.24) is 9.88 Å². The van der Waals surface area contributed by atoms with Gasteiger partial charge < -0.3 is 10.2 Å². The number of hydrogen-bond donors (Lipinski definition) is 1. The van der Waals surface area contributed by atoms with Crippen molar-refractivity contribution in [3.8, 4) is 0 Å². The van der Waals surface area contributed by atoms with Gasteiger partial charge in [-0.25, -0.2) is 4.98 Å². The maximum Gasteiger partial charge on any atom is 0.291 e. The number of aromatic nitrogens is 1. The topological polar surface area (TPSA) is 71.3 Å². The molecule has 2 rings (SSSR count). The van der Waals surface area contributed by atoms with Crippen molar-refractivity contribution in [2.45, 2.75) is 26.7 Å². The van der Waals surface area contributed by atoms with E-state index in [1.165, 1.54) is 6.20 Å². The van der Waals surface area contributed by atoms with Gasteiger partial charge in [-0.2, -0.15) is 0 Å². The van der Waals surface area contributed by atoms with E-state index >= 15 is 0 Å². The Morgan fingerprint density at radius 1 is 1.52 bits per heavy atom. The summed E-state index contributed by atoms with van der Waals surface area (Å²) >= 11 is 3.41. The maximum absolute atomic E-state index is 10.9. The van der Waals surface area contributed by atoms with E-state index in [2.05, 4.69) is 45.1 Å². The van der Waals surface area contributed by atoms with Crippen LogP contribution in [0, 0.1) is 22.5 Å². The average molecular weight is 357 g/mol. The van der Waals surface area contributed by atoms with Gasteiger partial charge in [-0.3, -0.25) is 10.1 Å². The Labute approximate surface area is 133 Å². The van der Waals surface area contributed by atoms with Gasteiger partial charge in [0.15, 0.2) is 0 Å². The second-order valence-corrected chi connectivity index (χ2v) is 6.95. The number of piperidine rings is 1. The SMILES string of the molecule is Cc1c([N+](=O)[O-])cnc(NCC2(C)CCN(C)CC2)c1Br. The minimum Gasteiger partial charge on any atom is -0.369 e. The summed E-state index contributed by atoms with van der Waals surface area (Å²) in [6, 6.07) is 0. The summed E-state index contributed by atoms with van der Waals surface area (Å²) < 4.78 is 0.674. The molecule has 1 aromatic rings. The van der Waals surface area contributed by atoms with E-state index in [1.54, 1.807) is 6.92 Å². The van der Waals surface area contributed by atoms with Crippen LogP contribution in [-0.2, 0) is 0 Å². The Morgan fingerprint density at radius 2 is 2.14 bits per heavy atom. The number of nitro groups is 1. The van der Waals surface area contributed by atoms with Gasteiger partial charge in [0.25, 0.3) is 5.69 Å². The van der Waals surface area contributed by atoms with E-state index in [0.717, 1.165) is 32.5 Å². The highest BCUT2D eigenvalue weighted by Crippen LogP contribution is 2.34. The van der Waals surface area contributed by atoms with Crippen LogP contribution < -0.4 is 5.32 Å². The highest BCUT2D eigenvalue weighted by Gasteiger charge is 2.29. The zero-order chi connectivity index (χ0) is 15.6. The molecule has 6 nitrogen and oxygen atoms in total. The van der Waals surface area contributed by atoms with Crippen LogP contribution in [0.15, 0.2) is 10.7 Å². The van der Waals surface area contributed by atoms with E-state index in [9.17, 15) is 10.1 Å². The number of hydrogen-bond acceptors (Lipinski definition) is 5. The molecule has 0 unspecified atom stereocenters. The summed E-state index contributed by atoms with van der Waals surface area (Å²) in [5.41, 5.74) is 0.882. The Hall–Kier alpha value is -1.21. The molecular formula is C14H21BrN4O2. The third-order valence-corrected chi connectivity index (χ3v) is 5.28. The molecule has 0 aromatic carbocycles. The van der Waals surface area contributed by atoms with Gasteiger partial charge >= 0.3 is 0 Å². The minimum absolute atomic E-state index is 0.0397. The molecule has 21 heavy (non-hydrogen) atoms. The van der Waals surface area contributed by atoms with Crippen LogP contribution in [0.25, 0.3) is 0 Å². The lowest BCUT2D eigenvalue weighted by molar-refractivity contribution is -0.385. The van der Waals surface area contributed by atoms with Crippen molar-refractivity contribution >= 4 is 27.4 Å². The first kappa shape index (κ1) is 16.2. The maximum atomic E-state index is 10.9. The predicted octanol–water partition coefficient (Wildman–Crippen LogP) is 3.20. The zero-order valence-corrected chi connectivity index (χ0v) is 14.2. The second kappa shape index (κ2) is 6.27. The van der Waals surface area contributed by atoms with Crippen LogP contribution in [0.4, 0.5) is 11.5 Å². The smallest absolute Gasteiger partial charge is 0.291 e. The van der Waals surface area contributed by atoms with Crippen molar-refractivity contribution in [3.63, 3.8) is 0 Å². The van der Waals surface area contributed by atoms with Crippen LogP contribution in [0.2, 0.25) is 0 Å². The third-order valence-electron chi connectivity index (χ3n) is 4.31. The highest BCUT2D eigenvalue weighted by molar-refractivity contribution is 9.10. The van der Waals surface area contributed by atoms with E-state index in [-0.39, 0.29) is 11.1 Å². The first-order chi connectivity index (χ1) is 9.82. The molecule has 1 N–H and O–H groups in total. The largest absolute Gasteiger partial charge is 0.369 e. The summed E-state index contributed by atoms with van der Waals surface area (Å²) in [7, 11) is 2.14. The predicted molar refractivity (Wildman–Crippen MR) is 86.7 cm³/mol. The Morgan fingerprint density at radius 3 is 2.71 bits per heavy atom. The van der Waals surface area contributed by atoms with E-state index < -0.39 is 4.92 Å². The normalized spacial score (nSPS) is 18.5. The fraction of sp³-hybridized carbons (Fsp3) is 0.643. The fourth-order valence-corrected chi connectivity index (χ4v) is 2.95. The summed E-state index contributed by atoms with van der Waals surface area (Å²) in [6.07, 6.45) is 3.60. The van der Waals surface area contributed by atoms with Crippen LogP contribution in [0.1, 0.15) is 25.3 Å². The summed E-state index contributed by atoms with van der Waals surface area (Å²) in [6.45, 7) is 7.04. The number of nitrogens with one attached hydrogen (secondary N) is 1.